The summed E-state index contributed by atoms with van der Waals surface area (Å²) in [6.45, 7) is 0.0837. The molecule has 0 fully saturated rings. The number of carboxylic acid groups (broad SMARTS) is 1. The first kappa shape index (κ1) is 12.3. The third-order valence-corrected chi connectivity index (χ3v) is 3.00. The second-order valence-electron chi connectivity index (χ2n) is 4.30. The summed E-state index contributed by atoms with van der Waals surface area (Å²) in [5.74, 6) is -0.0199. The lowest BCUT2D eigenvalue weighted by atomic mass is 10.1. The van der Waals surface area contributed by atoms with E-state index in [1.54, 1.807) is 24.3 Å². The van der Waals surface area contributed by atoms with E-state index in [4.69, 9.17) is 9.15 Å². The average molecular weight is 268 g/mol. The van der Waals surface area contributed by atoms with Crippen molar-refractivity contribution in [1.29, 1.82) is 0 Å². The topological polar surface area (TPSA) is 59.7 Å². The minimum absolute atomic E-state index is 0.0837. The van der Waals surface area contributed by atoms with Crippen LogP contribution in [-0.4, -0.2) is 11.1 Å². The van der Waals surface area contributed by atoms with Crippen LogP contribution in [0.2, 0.25) is 0 Å². The van der Waals surface area contributed by atoms with Crippen LogP contribution in [0.3, 0.4) is 0 Å². The van der Waals surface area contributed by atoms with E-state index in [-0.39, 0.29) is 12.2 Å². The number of rotatable bonds is 4. The van der Waals surface area contributed by atoms with Crippen molar-refractivity contribution in [3.05, 3.63) is 65.9 Å². The van der Waals surface area contributed by atoms with Gasteiger partial charge in [0.25, 0.3) is 0 Å². The van der Waals surface area contributed by atoms with Gasteiger partial charge in [-0.3, -0.25) is 0 Å². The maximum Gasteiger partial charge on any atom is 0.340 e. The molecule has 0 spiro atoms. The summed E-state index contributed by atoms with van der Waals surface area (Å²) in [6.07, 6.45) is 0. The Kier molecular flexibility index (Phi) is 3.13. The predicted molar refractivity (Wildman–Crippen MR) is 73.9 cm³/mol. The summed E-state index contributed by atoms with van der Waals surface area (Å²) in [4.78, 5) is 11.4. The molecule has 4 heteroatoms. The van der Waals surface area contributed by atoms with Gasteiger partial charge in [0.1, 0.15) is 23.5 Å². The van der Waals surface area contributed by atoms with E-state index in [1.165, 1.54) is 0 Å². The van der Waals surface area contributed by atoms with E-state index < -0.39 is 5.97 Å². The molecule has 0 radical (unpaired) electrons. The predicted octanol–water partition coefficient (Wildman–Crippen LogP) is 3.71. The fourth-order valence-electron chi connectivity index (χ4n) is 2.10. The van der Waals surface area contributed by atoms with Crippen LogP contribution in [0.4, 0.5) is 0 Å². The first-order chi connectivity index (χ1) is 9.75. The molecule has 0 saturated carbocycles. The Labute approximate surface area is 115 Å². The molecule has 0 atom stereocenters. The number of carbonyl (C=O) groups is 1. The van der Waals surface area contributed by atoms with Crippen LogP contribution in [0.15, 0.2) is 59.0 Å². The molecular formula is C16H12O4. The Morgan fingerprint density at radius 3 is 2.50 bits per heavy atom. The zero-order valence-corrected chi connectivity index (χ0v) is 10.6. The standard InChI is InChI=1S/C16H12O4/c17-16(18)15-12-8-4-5-9-13(12)20-14(15)10-19-11-6-2-1-3-7-11/h1-9H,10H2,(H,17,18). The van der Waals surface area contributed by atoms with Crippen LogP contribution >= 0.6 is 0 Å². The summed E-state index contributed by atoms with van der Waals surface area (Å²) in [7, 11) is 0. The number of carboxylic acids is 1. The summed E-state index contributed by atoms with van der Waals surface area (Å²) < 4.78 is 11.1. The van der Waals surface area contributed by atoms with Crippen molar-refractivity contribution in [2.75, 3.05) is 0 Å². The number of hydrogen-bond acceptors (Lipinski definition) is 3. The molecule has 0 aliphatic carbocycles. The Morgan fingerprint density at radius 1 is 1.05 bits per heavy atom. The molecule has 0 aliphatic rings. The summed E-state index contributed by atoms with van der Waals surface area (Å²) in [5, 5.41) is 9.92. The van der Waals surface area contributed by atoms with E-state index in [9.17, 15) is 9.90 Å². The minimum Gasteiger partial charge on any atom is -0.486 e. The maximum absolute atomic E-state index is 11.4. The largest absolute Gasteiger partial charge is 0.486 e. The molecule has 2 aromatic carbocycles. The number of aromatic carboxylic acids is 1. The molecule has 1 heterocycles. The number of furan rings is 1. The Morgan fingerprint density at radius 2 is 1.75 bits per heavy atom. The fraction of sp³-hybridized carbons (Fsp3) is 0.0625. The van der Waals surface area contributed by atoms with E-state index in [1.807, 2.05) is 30.3 Å². The molecule has 20 heavy (non-hydrogen) atoms. The summed E-state index contributed by atoms with van der Waals surface area (Å²) in [6, 6.07) is 16.3. The monoisotopic (exact) mass is 268 g/mol. The lowest BCUT2D eigenvalue weighted by Crippen LogP contribution is -2.03. The second kappa shape index (κ2) is 5.09. The van der Waals surface area contributed by atoms with E-state index in [2.05, 4.69) is 0 Å². The highest BCUT2D eigenvalue weighted by atomic mass is 16.5. The second-order valence-corrected chi connectivity index (χ2v) is 4.30. The molecule has 0 bridgehead atoms. The van der Waals surface area contributed by atoms with Gasteiger partial charge in [0.2, 0.25) is 0 Å². The molecule has 0 amide bonds. The van der Waals surface area contributed by atoms with Crippen molar-refractivity contribution in [3.63, 3.8) is 0 Å². The van der Waals surface area contributed by atoms with Gasteiger partial charge in [-0.15, -0.1) is 0 Å². The van der Waals surface area contributed by atoms with Gasteiger partial charge >= 0.3 is 5.97 Å². The lowest BCUT2D eigenvalue weighted by molar-refractivity contribution is 0.0693. The molecule has 1 N–H and O–H groups in total. The molecule has 0 unspecified atom stereocenters. The van der Waals surface area contributed by atoms with E-state index in [0.717, 1.165) is 0 Å². The smallest absolute Gasteiger partial charge is 0.340 e. The quantitative estimate of drug-likeness (QED) is 0.783. The number of hydrogen-bond donors (Lipinski definition) is 1. The van der Waals surface area contributed by atoms with Crippen LogP contribution in [-0.2, 0) is 6.61 Å². The normalized spacial score (nSPS) is 10.6. The number of para-hydroxylation sites is 2. The van der Waals surface area contributed by atoms with Gasteiger partial charge in [-0.2, -0.15) is 0 Å². The molecule has 100 valence electrons. The molecule has 3 rings (SSSR count). The molecule has 0 aliphatic heterocycles. The molecular weight excluding hydrogens is 256 g/mol. The first-order valence-electron chi connectivity index (χ1n) is 6.17. The van der Waals surface area contributed by atoms with Gasteiger partial charge in [-0.1, -0.05) is 36.4 Å². The average Bonchev–Trinajstić information content (AvgIpc) is 2.84. The van der Waals surface area contributed by atoms with Gasteiger partial charge in [0, 0.05) is 5.39 Å². The zero-order chi connectivity index (χ0) is 13.9. The highest BCUT2D eigenvalue weighted by molar-refractivity contribution is 6.03. The number of ether oxygens (including phenoxy) is 1. The van der Waals surface area contributed by atoms with Gasteiger partial charge in [0.15, 0.2) is 5.76 Å². The minimum atomic E-state index is -1.01. The molecule has 1 aromatic heterocycles. The van der Waals surface area contributed by atoms with Crippen molar-refractivity contribution in [3.8, 4) is 5.75 Å². The SMILES string of the molecule is O=C(O)c1c(COc2ccccc2)oc2ccccc12. The van der Waals surface area contributed by atoms with Crippen molar-refractivity contribution < 1.29 is 19.1 Å². The number of fused-ring (bicyclic) bond motifs is 1. The third kappa shape index (κ3) is 2.23. The van der Waals surface area contributed by atoms with E-state index >= 15 is 0 Å². The lowest BCUT2D eigenvalue weighted by Gasteiger charge is -2.04. The van der Waals surface area contributed by atoms with Gasteiger partial charge in [-0.25, -0.2) is 4.79 Å². The van der Waals surface area contributed by atoms with Crippen molar-refractivity contribution in [1.82, 2.24) is 0 Å². The zero-order valence-electron chi connectivity index (χ0n) is 10.6. The Hall–Kier alpha value is -2.75. The first-order valence-corrected chi connectivity index (χ1v) is 6.17. The Bertz CT molecular complexity index is 744. The van der Waals surface area contributed by atoms with Crippen LogP contribution in [0.5, 0.6) is 5.75 Å². The molecule has 0 saturated heterocycles. The van der Waals surface area contributed by atoms with Crippen molar-refractivity contribution >= 4 is 16.9 Å². The highest BCUT2D eigenvalue weighted by Gasteiger charge is 2.20. The maximum atomic E-state index is 11.4. The third-order valence-electron chi connectivity index (χ3n) is 3.00. The van der Waals surface area contributed by atoms with Crippen molar-refractivity contribution in [2.45, 2.75) is 6.61 Å². The summed E-state index contributed by atoms with van der Waals surface area (Å²) >= 11 is 0. The number of benzene rings is 2. The Balaban J connectivity index is 1.95. The van der Waals surface area contributed by atoms with Crippen LogP contribution in [0, 0.1) is 0 Å². The van der Waals surface area contributed by atoms with Gasteiger partial charge in [0.05, 0.1) is 0 Å². The molecule has 3 aromatic rings. The van der Waals surface area contributed by atoms with Crippen LogP contribution < -0.4 is 4.74 Å². The summed E-state index contributed by atoms with van der Waals surface area (Å²) in [5.41, 5.74) is 0.716. The fourth-order valence-corrected chi connectivity index (χ4v) is 2.10. The van der Waals surface area contributed by atoms with Crippen LogP contribution in [0.1, 0.15) is 16.1 Å². The van der Waals surface area contributed by atoms with Gasteiger partial charge in [-0.05, 0) is 18.2 Å². The van der Waals surface area contributed by atoms with Crippen LogP contribution in [0.25, 0.3) is 11.0 Å². The molecule has 4 nitrogen and oxygen atoms in total. The van der Waals surface area contributed by atoms with E-state index in [0.29, 0.717) is 22.5 Å². The van der Waals surface area contributed by atoms with Gasteiger partial charge < -0.3 is 14.3 Å². The highest BCUT2D eigenvalue weighted by Crippen LogP contribution is 2.26. The van der Waals surface area contributed by atoms with Crippen molar-refractivity contribution in [2.24, 2.45) is 0 Å².